The van der Waals surface area contributed by atoms with Gasteiger partial charge in [0.05, 0.1) is 10.6 Å². The predicted octanol–water partition coefficient (Wildman–Crippen LogP) is 3.58. The molecule has 0 N–H and O–H groups in total. The van der Waals surface area contributed by atoms with Gasteiger partial charge >= 0.3 is 15.2 Å². The van der Waals surface area contributed by atoms with Crippen LogP contribution in [0.1, 0.15) is 0 Å². The number of hydrogen-bond donors (Lipinski definition) is 0. The topological polar surface area (TPSA) is 71.1 Å². The van der Waals surface area contributed by atoms with E-state index in [-0.39, 0.29) is 0 Å². The maximum absolute atomic E-state index is 12.3. The van der Waals surface area contributed by atoms with E-state index in [1.807, 2.05) is 24.3 Å². The highest BCUT2D eigenvalue weighted by Crippen LogP contribution is 2.46. The first-order valence-corrected chi connectivity index (χ1v) is 10.2. The zero-order chi connectivity index (χ0) is 17.8. The zero-order valence-corrected chi connectivity index (χ0v) is 15.8. The third kappa shape index (κ3) is 3.70. The minimum atomic E-state index is -3.25. The molecule has 0 aliphatic rings. The highest BCUT2D eigenvalue weighted by atomic mass is 31.2. The van der Waals surface area contributed by atoms with E-state index < -0.39 is 15.2 Å². The first-order chi connectivity index (χ1) is 11.4. The van der Waals surface area contributed by atoms with Gasteiger partial charge in [-0.3, -0.25) is 9.13 Å². The van der Waals surface area contributed by atoms with E-state index in [4.69, 9.17) is 18.1 Å². The van der Waals surface area contributed by atoms with Crippen LogP contribution in [0.15, 0.2) is 48.5 Å². The summed E-state index contributed by atoms with van der Waals surface area (Å²) in [4.78, 5) is 0. The standard InChI is InChI=1S/C16H20O6P2/c1-19-23(17,20-2)15-9-5-13(6-10-15)14-7-11-16(12-8-14)24(18,21-3)22-4/h5-12H,1-4H3. The summed E-state index contributed by atoms with van der Waals surface area (Å²) in [5.74, 6) is 0. The molecule has 0 heterocycles. The van der Waals surface area contributed by atoms with Crippen LogP contribution in [-0.2, 0) is 27.2 Å². The van der Waals surface area contributed by atoms with E-state index in [0.717, 1.165) is 11.1 Å². The fourth-order valence-corrected chi connectivity index (χ4v) is 4.41. The summed E-state index contributed by atoms with van der Waals surface area (Å²) in [7, 11) is -1.11. The van der Waals surface area contributed by atoms with Gasteiger partial charge in [0.1, 0.15) is 0 Å². The molecule has 0 amide bonds. The van der Waals surface area contributed by atoms with Crippen LogP contribution < -0.4 is 10.6 Å². The molecule has 0 atom stereocenters. The molecule has 2 rings (SSSR count). The monoisotopic (exact) mass is 370 g/mol. The van der Waals surface area contributed by atoms with Gasteiger partial charge in [-0.1, -0.05) is 24.3 Å². The van der Waals surface area contributed by atoms with Crippen molar-refractivity contribution in [1.82, 2.24) is 0 Å². The van der Waals surface area contributed by atoms with E-state index in [9.17, 15) is 9.13 Å². The maximum Gasteiger partial charge on any atom is 0.360 e. The van der Waals surface area contributed by atoms with E-state index in [2.05, 4.69) is 0 Å². The van der Waals surface area contributed by atoms with Crippen LogP contribution in [0.5, 0.6) is 0 Å². The highest BCUT2D eigenvalue weighted by Gasteiger charge is 2.25. The molecule has 24 heavy (non-hydrogen) atoms. The third-order valence-electron chi connectivity index (χ3n) is 3.66. The molecule has 0 fully saturated rings. The second-order valence-electron chi connectivity index (χ2n) is 4.82. The minimum absolute atomic E-state index is 0.483. The predicted molar refractivity (Wildman–Crippen MR) is 94.4 cm³/mol. The van der Waals surface area contributed by atoms with Crippen molar-refractivity contribution in [3.8, 4) is 11.1 Å². The van der Waals surface area contributed by atoms with Crippen molar-refractivity contribution < 1.29 is 27.2 Å². The van der Waals surface area contributed by atoms with Crippen LogP contribution >= 0.6 is 15.2 Å². The molecule has 0 aliphatic carbocycles. The highest BCUT2D eigenvalue weighted by molar-refractivity contribution is 7.62. The smallest absolute Gasteiger partial charge is 0.309 e. The molecule has 0 unspecified atom stereocenters. The molecule has 8 heteroatoms. The van der Waals surface area contributed by atoms with E-state index in [1.165, 1.54) is 28.4 Å². The van der Waals surface area contributed by atoms with Crippen molar-refractivity contribution in [2.45, 2.75) is 0 Å². The van der Waals surface area contributed by atoms with E-state index >= 15 is 0 Å². The lowest BCUT2D eigenvalue weighted by Gasteiger charge is -2.15. The van der Waals surface area contributed by atoms with Gasteiger partial charge in [-0.15, -0.1) is 0 Å². The lowest BCUT2D eigenvalue weighted by molar-refractivity contribution is 0.286. The van der Waals surface area contributed by atoms with Crippen LogP contribution in [0.25, 0.3) is 11.1 Å². The SMILES string of the molecule is COP(=O)(OC)c1ccc(-c2ccc(P(=O)(OC)OC)cc2)cc1. The van der Waals surface area contributed by atoms with Crippen LogP contribution in [0, 0.1) is 0 Å². The van der Waals surface area contributed by atoms with Crippen molar-refractivity contribution in [2.24, 2.45) is 0 Å². The number of rotatable bonds is 7. The Morgan fingerprint density at radius 3 is 1.00 bits per heavy atom. The number of benzene rings is 2. The van der Waals surface area contributed by atoms with Crippen LogP contribution in [-0.4, -0.2) is 28.4 Å². The molecule has 0 bridgehead atoms. The average molecular weight is 370 g/mol. The molecule has 2 aromatic rings. The van der Waals surface area contributed by atoms with Gasteiger partial charge < -0.3 is 18.1 Å². The Kier molecular flexibility index (Phi) is 6.16. The second-order valence-corrected chi connectivity index (χ2v) is 9.30. The van der Waals surface area contributed by atoms with Gasteiger partial charge in [-0.25, -0.2) is 0 Å². The quantitative estimate of drug-likeness (QED) is 0.694. The summed E-state index contributed by atoms with van der Waals surface area (Å²) < 4.78 is 44.5. The lowest BCUT2D eigenvalue weighted by Crippen LogP contribution is -2.08. The average Bonchev–Trinajstić information content (AvgIpc) is 2.67. The van der Waals surface area contributed by atoms with Gasteiger partial charge in [0.2, 0.25) is 0 Å². The summed E-state index contributed by atoms with van der Waals surface area (Å²) in [6, 6.07) is 14.1. The molecule has 2 aromatic carbocycles. The van der Waals surface area contributed by atoms with Gasteiger partial charge in [0.15, 0.2) is 0 Å². The van der Waals surface area contributed by atoms with Gasteiger partial charge in [-0.05, 0) is 35.4 Å². The van der Waals surface area contributed by atoms with E-state index in [0.29, 0.717) is 10.6 Å². The summed E-state index contributed by atoms with van der Waals surface area (Å²) in [6.45, 7) is 0. The summed E-state index contributed by atoms with van der Waals surface area (Å²) >= 11 is 0. The molecule has 0 spiro atoms. The van der Waals surface area contributed by atoms with Gasteiger partial charge in [0.25, 0.3) is 0 Å². The molecule has 130 valence electrons. The molecule has 0 aliphatic heterocycles. The van der Waals surface area contributed by atoms with E-state index in [1.54, 1.807) is 24.3 Å². The first-order valence-electron chi connectivity index (χ1n) is 7.07. The largest absolute Gasteiger partial charge is 0.360 e. The second kappa shape index (κ2) is 7.75. The van der Waals surface area contributed by atoms with Crippen molar-refractivity contribution in [3.63, 3.8) is 0 Å². The Morgan fingerprint density at radius 1 is 0.542 bits per heavy atom. The van der Waals surface area contributed by atoms with Crippen LogP contribution in [0.3, 0.4) is 0 Å². The molecule has 6 nitrogen and oxygen atoms in total. The molecular weight excluding hydrogens is 350 g/mol. The lowest BCUT2D eigenvalue weighted by atomic mass is 10.1. The first kappa shape index (κ1) is 19.1. The Labute approximate surface area is 141 Å². The fraction of sp³-hybridized carbons (Fsp3) is 0.250. The number of hydrogen-bond acceptors (Lipinski definition) is 6. The Morgan fingerprint density at radius 2 is 0.792 bits per heavy atom. The fourth-order valence-electron chi connectivity index (χ4n) is 2.24. The Balaban J connectivity index is 2.30. The Hall–Kier alpha value is -1.26. The van der Waals surface area contributed by atoms with Crippen molar-refractivity contribution in [1.29, 1.82) is 0 Å². The molecule has 0 saturated carbocycles. The van der Waals surface area contributed by atoms with Crippen molar-refractivity contribution in [2.75, 3.05) is 28.4 Å². The summed E-state index contributed by atoms with van der Waals surface area (Å²) in [6.07, 6.45) is 0. The third-order valence-corrected chi connectivity index (χ3v) is 7.45. The molecule has 0 aromatic heterocycles. The molecule has 0 saturated heterocycles. The van der Waals surface area contributed by atoms with Gasteiger partial charge in [0, 0.05) is 28.4 Å². The maximum atomic E-state index is 12.3. The minimum Gasteiger partial charge on any atom is -0.309 e. The van der Waals surface area contributed by atoms with Crippen molar-refractivity contribution in [3.05, 3.63) is 48.5 Å². The summed E-state index contributed by atoms with van der Waals surface area (Å²) in [5.41, 5.74) is 1.82. The zero-order valence-electron chi connectivity index (χ0n) is 14.0. The van der Waals surface area contributed by atoms with Crippen LogP contribution in [0.4, 0.5) is 0 Å². The van der Waals surface area contributed by atoms with Crippen LogP contribution in [0.2, 0.25) is 0 Å². The molecule has 0 radical (unpaired) electrons. The Bertz CT molecular complexity index is 687. The molecular formula is C16H20O6P2. The van der Waals surface area contributed by atoms with Crippen molar-refractivity contribution >= 4 is 25.8 Å². The van der Waals surface area contributed by atoms with Gasteiger partial charge in [-0.2, -0.15) is 0 Å². The normalized spacial score (nSPS) is 12.3. The summed E-state index contributed by atoms with van der Waals surface area (Å²) in [5, 5.41) is 0.965.